The Labute approximate surface area is 191 Å². The molecule has 3 rings (SSSR count). The van der Waals surface area contributed by atoms with Crippen molar-refractivity contribution < 1.29 is 17.9 Å². The second-order valence-electron chi connectivity index (χ2n) is 6.70. The zero-order valence-corrected chi connectivity index (χ0v) is 18.9. The van der Waals surface area contributed by atoms with Crippen LogP contribution in [0.15, 0.2) is 72.8 Å². The van der Waals surface area contributed by atoms with Gasteiger partial charge in [-0.25, -0.2) is 8.42 Å². The van der Waals surface area contributed by atoms with Crippen molar-refractivity contribution in [2.24, 2.45) is 0 Å². The minimum atomic E-state index is -3.55. The van der Waals surface area contributed by atoms with Gasteiger partial charge in [-0.3, -0.25) is 9.10 Å². The molecule has 0 radical (unpaired) electrons. The SMILES string of the molecule is CS(=O)(=O)N(Cc1ccccc1Cl)c1ccc(OCC(=O)Nc2ccc(Cl)cc2)cc1. The number of amides is 1. The molecule has 3 aromatic rings. The molecule has 0 atom stereocenters. The van der Waals surface area contributed by atoms with Crippen molar-refractivity contribution in [3.63, 3.8) is 0 Å². The topological polar surface area (TPSA) is 75.7 Å². The van der Waals surface area contributed by atoms with Gasteiger partial charge in [-0.2, -0.15) is 0 Å². The monoisotopic (exact) mass is 478 g/mol. The summed E-state index contributed by atoms with van der Waals surface area (Å²) in [4.78, 5) is 12.0. The van der Waals surface area contributed by atoms with Crippen molar-refractivity contribution in [1.29, 1.82) is 0 Å². The van der Waals surface area contributed by atoms with Crippen molar-refractivity contribution >= 4 is 50.5 Å². The Balaban J connectivity index is 1.65. The van der Waals surface area contributed by atoms with Gasteiger partial charge in [-0.1, -0.05) is 41.4 Å². The summed E-state index contributed by atoms with van der Waals surface area (Å²) in [5.74, 6) is 0.101. The number of hydrogen-bond acceptors (Lipinski definition) is 4. The number of ether oxygens (including phenoxy) is 1. The highest BCUT2D eigenvalue weighted by molar-refractivity contribution is 7.92. The number of halogens is 2. The van der Waals surface area contributed by atoms with Gasteiger partial charge in [0, 0.05) is 15.7 Å². The molecule has 0 aliphatic rings. The smallest absolute Gasteiger partial charge is 0.262 e. The quantitative estimate of drug-likeness (QED) is 0.495. The average Bonchev–Trinajstić information content (AvgIpc) is 2.73. The summed E-state index contributed by atoms with van der Waals surface area (Å²) < 4.78 is 31.4. The zero-order valence-electron chi connectivity index (χ0n) is 16.6. The number of anilines is 2. The van der Waals surface area contributed by atoms with E-state index in [0.29, 0.717) is 32.7 Å². The maximum atomic E-state index is 12.3. The lowest BCUT2D eigenvalue weighted by atomic mass is 10.2. The van der Waals surface area contributed by atoms with Crippen LogP contribution >= 0.6 is 23.2 Å². The number of nitrogens with one attached hydrogen (secondary N) is 1. The lowest BCUT2D eigenvalue weighted by molar-refractivity contribution is -0.118. The first kappa shape index (κ1) is 22.9. The van der Waals surface area contributed by atoms with Gasteiger partial charge < -0.3 is 10.1 Å². The van der Waals surface area contributed by atoms with E-state index in [9.17, 15) is 13.2 Å². The highest BCUT2D eigenvalue weighted by Crippen LogP contribution is 2.26. The lowest BCUT2D eigenvalue weighted by Gasteiger charge is -2.23. The van der Waals surface area contributed by atoms with E-state index in [1.54, 1.807) is 72.8 Å². The second kappa shape index (κ2) is 10.0. The van der Waals surface area contributed by atoms with Gasteiger partial charge in [-0.15, -0.1) is 0 Å². The number of benzene rings is 3. The highest BCUT2D eigenvalue weighted by atomic mass is 35.5. The maximum absolute atomic E-state index is 12.3. The summed E-state index contributed by atoms with van der Waals surface area (Å²) in [6, 6.07) is 20.2. The third kappa shape index (κ3) is 6.62. The summed E-state index contributed by atoms with van der Waals surface area (Å²) >= 11 is 12.0. The van der Waals surface area contributed by atoms with Crippen LogP contribution < -0.4 is 14.4 Å². The Kier molecular flexibility index (Phi) is 7.43. The molecule has 0 aromatic heterocycles. The molecule has 3 aromatic carbocycles. The fraction of sp³-hybridized carbons (Fsp3) is 0.136. The van der Waals surface area contributed by atoms with Crippen LogP contribution in [-0.4, -0.2) is 27.2 Å². The molecule has 162 valence electrons. The average molecular weight is 479 g/mol. The van der Waals surface area contributed by atoms with Crippen LogP contribution in [0, 0.1) is 0 Å². The van der Waals surface area contributed by atoms with Gasteiger partial charge in [0.2, 0.25) is 10.0 Å². The largest absolute Gasteiger partial charge is 0.484 e. The molecule has 1 amide bonds. The van der Waals surface area contributed by atoms with E-state index in [4.69, 9.17) is 27.9 Å². The Morgan fingerprint density at radius 2 is 1.61 bits per heavy atom. The minimum absolute atomic E-state index is 0.0994. The van der Waals surface area contributed by atoms with E-state index in [1.807, 2.05) is 0 Å². The van der Waals surface area contributed by atoms with Crippen molar-refractivity contribution in [3.8, 4) is 5.75 Å². The van der Waals surface area contributed by atoms with Crippen molar-refractivity contribution in [1.82, 2.24) is 0 Å². The molecule has 0 spiro atoms. The molecule has 0 aliphatic heterocycles. The molecule has 0 aliphatic carbocycles. The summed E-state index contributed by atoms with van der Waals surface area (Å²) in [6.07, 6.45) is 1.13. The van der Waals surface area contributed by atoms with Crippen LogP contribution in [0.3, 0.4) is 0 Å². The van der Waals surface area contributed by atoms with Crippen LogP contribution in [0.1, 0.15) is 5.56 Å². The van der Waals surface area contributed by atoms with Crippen molar-refractivity contribution in [2.75, 3.05) is 22.5 Å². The molecule has 0 bridgehead atoms. The third-order valence-electron chi connectivity index (χ3n) is 4.29. The Bertz CT molecular complexity index is 1150. The molecule has 9 heteroatoms. The molecular formula is C22H20Cl2N2O4S. The summed E-state index contributed by atoms with van der Waals surface area (Å²) in [6.45, 7) is -0.0976. The van der Waals surface area contributed by atoms with Gasteiger partial charge in [0.15, 0.2) is 6.61 Å². The minimum Gasteiger partial charge on any atom is -0.484 e. The molecular weight excluding hydrogens is 459 g/mol. The van der Waals surface area contributed by atoms with Gasteiger partial charge in [0.1, 0.15) is 5.75 Å². The number of carbonyl (C=O) groups excluding carboxylic acids is 1. The standard InChI is InChI=1S/C22H20Cl2N2O4S/c1-31(28,29)26(14-16-4-2-3-5-21(16)24)19-10-12-20(13-11-19)30-15-22(27)25-18-8-6-17(23)7-9-18/h2-13H,14-15H2,1H3,(H,25,27). The van der Waals surface area contributed by atoms with Crippen molar-refractivity contribution in [3.05, 3.63) is 88.4 Å². The summed E-state index contributed by atoms with van der Waals surface area (Å²) in [5, 5.41) is 3.76. The second-order valence-corrected chi connectivity index (χ2v) is 9.45. The number of hydrogen-bond donors (Lipinski definition) is 1. The first-order chi connectivity index (χ1) is 14.7. The fourth-order valence-electron chi connectivity index (χ4n) is 2.77. The Morgan fingerprint density at radius 1 is 0.968 bits per heavy atom. The summed E-state index contributed by atoms with van der Waals surface area (Å²) in [7, 11) is -3.55. The predicted octanol–water partition coefficient (Wildman–Crippen LogP) is 4.98. The molecule has 0 saturated heterocycles. The number of sulfonamides is 1. The maximum Gasteiger partial charge on any atom is 0.262 e. The fourth-order valence-corrected chi connectivity index (χ4v) is 3.97. The first-order valence-electron chi connectivity index (χ1n) is 9.22. The van der Waals surface area contributed by atoms with E-state index >= 15 is 0 Å². The van der Waals surface area contributed by atoms with E-state index in [2.05, 4.69) is 5.32 Å². The Morgan fingerprint density at radius 3 is 2.23 bits per heavy atom. The summed E-state index contributed by atoms with van der Waals surface area (Å²) in [5.41, 5.74) is 1.76. The van der Waals surface area contributed by atoms with Crippen LogP contribution in [0.25, 0.3) is 0 Å². The molecule has 31 heavy (non-hydrogen) atoms. The van der Waals surface area contributed by atoms with E-state index in [0.717, 1.165) is 6.26 Å². The molecule has 0 unspecified atom stereocenters. The van der Waals surface area contributed by atoms with Gasteiger partial charge >= 0.3 is 0 Å². The third-order valence-corrected chi connectivity index (χ3v) is 6.06. The van der Waals surface area contributed by atoms with E-state index in [1.165, 1.54) is 4.31 Å². The van der Waals surface area contributed by atoms with Crippen LogP contribution in [0.4, 0.5) is 11.4 Å². The zero-order chi connectivity index (χ0) is 22.4. The van der Waals surface area contributed by atoms with Crippen LogP contribution in [0.5, 0.6) is 5.75 Å². The van der Waals surface area contributed by atoms with Gasteiger partial charge in [0.05, 0.1) is 18.5 Å². The number of carbonyl (C=O) groups is 1. The van der Waals surface area contributed by atoms with Gasteiger partial charge in [0.25, 0.3) is 5.91 Å². The molecule has 0 heterocycles. The highest BCUT2D eigenvalue weighted by Gasteiger charge is 2.19. The predicted molar refractivity (Wildman–Crippen MR) is 124 cm³/mol. The van der Waals surface area contributed by atoms with Crippen LogP contribution in [-0.2, 0) is 21.4 Å². The lowest BCUT2D eigenvalue weighted by Crippen LogP contribution is -2.29. The first-order valence-corrected chi connectivity index (χ1v) is 11.8. The van der Waals surface area contributed by atoms with E-state index in [-0.39, 0.29) is 19.1 Å². The molecule has 6 nitrogen and oxygen atoms in total. The van der Waals surface area contributed by atoms with Gasteiger partial charge in [-0.05, 0) is 60.2 Å². The van der Waals surface area contributed by atoms with Crippen LogP contribution in [0.2, 0.25) is 10.0 Å². The molecule has 1 N–H and O–H groups in total. The Hall–Kier alpha value is -2.74. The van der Waals surface area contributed by atoms with Crippen molar-refractivity contribution in [2.45, 2.75) is 6.54 Å². The molecule has 0 saturated carbocycles. The number of rotatable bonds is 8. The van der Waals surface area contributed by atoms with E-state index < -0.39 is 10.0 Å². The normalized spacial score (nSPS) is 11.1. The molecule has 0 fully saturated rings. The number of nitrogens with zero attached hydrogens (tertiary/aromatic N) is 1.